The number of nitrogens with one attached hydrogen (secondary N) is 2. The smallest absolute Gasteiger partial charge is 0.211 e. The number of nitrogens with zero attached hydrogens (tertiary/aromatic N) is 2. The van der Waals surface area contributed by atoms with Gasteiger partial charge >= 0.3 is 0 Å². The normalized spacial score (nSPS) is 24.4. The van der Waals surface area contributed by atoms with E-state index in [9.17, 15) is 9.59 Å². The molecule has 2 aliphatic rings. The number of carbonyl (C=O) groups is 2. The van der Waals surface area contributed by atoms with Crippen LogP contribution in [0.5, 0.6) is 0 Å². The van der Waals surface area contributed by atoms with Crippen LogP contribution >= 0.6 is 0 Å². The molecule has 0 atom stereocenters. The summed E-state index contributed by atoms with van der Waals surface area (Å²) in [4.78, 5) is 29.3. The van der Waals surface area contributed by atoms with Crippen molar-refractivity contribution in [3.8, 4) is 0 Å². The van der Waals surface area contributed by atoms with Crippen LogP contribution in [0.25, 0.3) is 0 Å². The van der Waals surface area contributed by atoms with Crippen LogP contribution < -0.4 is 10.6 Å². The van der Waals surface area contributed by atoms with Gasteiger partial charge in [0.2, 0.25) is 12.8 Å². The maximum Gasteiger partial charge on any atom is 0.211 e. The van der Waals surface area contributed by atoms with Crippen molar-refractivity contribution in [2.75, 3.05) is 0 Å². The molecule has 0 aromatic rings. The van der Waals surface area contributed by atoms with Crippen molar-refractivity contribution in [2.45, 2.75) is 161 Å². The summed E-state index contributed by atoms with van der Waals surface area (Å²) < 4.78 is 0. The van der Waals surface area contributed by atoms with Crippen molar-refractivity contribution >= 4 is 12.8 Å². The minimum absolute atomic E-state index is 0.0643. The van der Waals surface area contributed by atoms with Gasteiger partial charge in [0.25, 0.3) is 0 Å². The molecule has 0 saturated carbocycles. The van der Waals surface area contributed by atoms with Gasteiger partial charge in [-0.1, -0.05) is 26.2 Å². The number of amides is 2. The lowest BCUT2D eigenvalue weighted by atomic mass is 9.78. The zero-order valence-electron chi connectivity index (χ0n) is 23.0. The van der Waals surface area contributed by atoms with Crippen LogP contribution in [0.15, 0.2) is 0 Å². The Hall–Kier alpha value is -1.14. The molecule has 0 aliphatic carbocycles. The first-order chi connectivity index (χ1) is 15.1. The number of unbranched alkanes of at least 4 members (excludes halogenated alkanes) is 3. The maximum absolute atomic E-state index is 12.7. The molecule has 2 rings (SSSR count). The average molecular weight is 465 g/mol. The largest absolute Gasteiger partial charge is 0.322 e. The highest BCUT2D eigenvalue weighted by molar-refractivity contribution is 5.53. The average Bonchev–Trinajstić information content (AvgIpc) is 2.60. The Labute approximate surface area is 203 Å². The summed E-state index contributed by atoms with van der Waals surface area (Å²) in [5.41, 5.74) is -0.257. The zero-order valence-corrected chi connectivity index (χ0v) is 23.0. The van der Waals surface area contributed by atoms with Gasteiger partial charge in [-0.25, -0.2) is 0 Å². The van der Waals surface area contributed by atoms with Crippen LogP contribution in [0.2, 0.25) is 0 Å². The minimum atomic E-state index is -0.193. The summed E-state index contributed by atoms with van der Waals surface area (Å²) in [6.45, 7) is 20.0. The van der Waals surface area contributed by atoms with Crippen molar-refractivity contribution in [3.05, 3.63) is 0 Å². The molecule has 192 valence electrons. The second-order valence-electron chi connectivity index (χ2n) is 13.3. The standard InChI is InChI=1S/C27H52N4O2/c1-10-11-12-13-14-23(30(19-32)21-15-24(2,3)28-25(4,5)16-21)31(20-33)22-17-26(6,7)29-27(8,9)18-22/h19-23,28-29H,10-18H2,1-9H3. The van der Waals surface area contributed by atoms with E-state index in [2.05, 4.69) is 72.9 Å². The van der Waals surface area contributed by atoms with E-state index in [1.165, 1.54) is 12.8 Å². The van der Waals surface area contributed by atoms with Crippen LogP contribution in [0.4, 0.5) is 0 Å². The van der Waals surface area contributed by atoms with Gasteiger partial charge in [-0.3, -0.25) is 9.59 Å². The van der Waals surface area contributed by atoms with E-state index in [1.54, 1.807) is 0 Å². The molecule has 0 bridgehead atoms. The van der Waals surface area contributed by atoms with Gasteiger partial charge in [-0.05, 0) is 93.9 Å². The van der Waals surface area contributed by atoms with Crippen LogP contribution in [0.3, 0.4) is 0 Å². The Kier molecular flexibility index (Phi) is 9.06. The maximum atomic E-state index is 12.7. The summed E-state index contributed by atoms with van der Waals surface area (Å²) in [6, 6.07) is 0.213. The molecule has 0 spiro atoms. The van der Waals surface area contributed by atoms with E-state index in [1.807, 2.05) is 9.80 Å². The third-order valence-corrected chi connectivity index (χ3v) is 7.43. The van der Waals surface area contributed by atoms with Crippen LogP contribution in [-0.4, -0.2) is 63.0 Å². The van der Waals surface area contributed by atoms with Crippen molar-refractivity contribution < 1.29 is 9.59 Å². The fourth-order valence-corrected chi connectivity index (χ4v) is 6.96. The third-order valence-electron chi connectivity index (χ3n) is 7.43. The van der Waals surface area contributed by atoms with E-state index < -0.39 is 0 Å². The van der Waals surface area contributed by atoms with Crippen LogP contribution in [-0.2, 0) is 9.59 Å². The van der Waals surface area contributed by atoms with Crippen molar-refractivity contribution in [1.82, 2.24) is 20.4 Å². The van der Waals surface area contributed by atoms with Crippen molar-refractivity contribution in [3.63, 3.8) is 0 Å². The first kappa shape index (κ1) is 28.1. The van der Waals surface area contributed by atoms with E-state index in [4.69, 9.17) is 0 Å². The molecule has 6 nitrogen and oxygen atoms in total. The Morgan fingerprint density at radius 1 is 0.697 bits per heavy atom. The molecular weight excluding hydrogens is 412 g/mol. The summed E-state index contributed by atoms with van der Waals surface area (Å²) in [5.74, 6) is 0. The Morgan fingerprint density at radius 2 is 1.06 bits per heavy atom. The van der Waals surface area contributed by atoms with Gasteiger partial charge in [-0.2, -0.15) is 0 Å². The quantitative estimate of drug-likeness (QED) is 0.261. The monoisotopic (exact) mass is 464 g/mol. The molecule has 0 radical (unpaired) electrons. The highest BCUT2D eigenvalue weighted by Gasteiger charge is 2.45. The molecule has 0 aromatic carbocycles. The van der Waals surface area contributed by atoms with Gasteiger partial charge in [0.05, 0.1) is 0 Å². The van der Waals surface area contributed by atoms with Gasteiger partial charge in [0.15, 0.2) is 0 Å². The first-order valence-corrected chi connectivity index (χ1v) is 13.2. The summed E-state index contributed by atoms with van der Waals surface area (Å²) >= 11 is 0. The lowest BCUT2D eigenvalue weighted by molar-refractivity contribution is -0.142. The topological polar surface area (TPSA) is 64.7 Å². The molecule has 2 fully saturated rings. The first-order valence-electron chi connectivity index (χ1n) is 13.2. The SMILES string of the molecule is CCCCCCC(N(C=O)C1CC(C)(C)NC(C)(C)C1)N(C=O)C1CC(C)(C)NC(C)(C)C1. The number of piperidine rings is 2. The Bertz CT molecular complexity index is 577. The highest BCUT2D eigenvalue weighted by atomic mass is 16.1. The van der Waals surface area contributed by atoms with Crippen molar-refractivity contribution in [2.24, 2.45) is 0 Å². The number of rotatable bonds is 11. The van der Waals surface area contributed by atoms with Gasteiger partial charge in [0, 0.05) is 34.2 Å². The molecule has 0 unspecified atom stereocenters. The van der Waals surface area contributed by atoms with E-state index in [0.29, 0.717) is 0 Å². The van der Waals surface area contributed by atoms with Crippen LogP contribution in [0, 0.1) is 0 Å². The molecule has 2 saturated heterocycles. The fourth-order valence-electron chi connectivity index (χ4n) is 6.96. The number of hydrogen-bond donors (Lipinski definition) is 2. The molecule has 0 aromatic heterocycles. The molecule has 2 aliphatic heterocycles. The summed E-state index contributed by atoms with van der Waals surface area (Å²) in [5, 5.41) is 7.47. The molecule has 2 heterocycles. The lowest BCUT2D eigenvalue weighted by Gasteiger charge is -2.54. The fraction of sp³-hybridized carbons (Fsp3) is 0.926. The highest BCUT2D eigenvalue weighted by Crippen LogP contribution is 2.36. The Morgan fingerprint density at radius 3 is 1.36 bits per heavy atom. The molecule has 6 heteroatoms. The van der Waals surface area contributed by atoms with Gasteiger partial charge < -0.3 is 20.4 Å². The molecule has 2 amide bonds. The summed E-state index contributed by atoms with van der Waals surface area (Å²) in [6.07, 6.45) is 10.8. The molecule has 33 heavy (non-hydrogen) atoms. The van der Waals surface area contributed by atoms with E-state index >= 15 is 0 Å². The minimum Gasteiger partial charge on any atom is -0.322 e. The molecule has 2 N–H and O–H groups in total. The second-order valence-corrected chi connectivity index (χ2v) is 13.3. The number of carbonyl (C=O) groups excluding carboxylic acids is 2. The van der Waals surface area contributed by atoms with Crippen molar-refractivity contribution in [1.29, 1.82) is 0 Å². The molecular formula is C27H52N4O2. The number of hydrogen-bond acceptors (Lipinski definition) is 4. The zero-order chi connectivity index (χ0) is 25.1. The van der Waals surface area contributed by atoms with E-state index in [-0.39, 0.29) is 40.4 Å². The lowest BCUT2D eigenvalue weighted by Crippen LogP contribution is -2.67. The Balaban J connectivity index is 2.37. The van der Waals surface area contributed by atoms with Crippen LogP contribution in [0.1, 0.15) is 120 Å². The van der Waals surface area contributed by atoms with Gasteiger partial charge in [0.1, 0.15) is 6.17 Å². The predicted octanol–water partition coefficient (Wildman–Crippen LogP) is 4.82. The third kappa shape index (κ3) is 7.95. The van der Waals surface area contributed by atoms with Gasteiger partial charge in [-0.15, -0.1) is 0 Å². The predicted molar refractivity (Wildman–Crippen MR) is 137 cm³/mol. The van der Waals surface area contributed by atoms with E-state index in [0.717, 1.165) is 57.8 Å². The summed E-state index contributed by atoms with van der Waals surface area (Å²) in [7, 11) is 0. The second kappa shape index (κ2) is 10.6.